The van der Waals surface area contributed by atoms with Gasteiger partial charge in [0.15, 0.2) is 0 Å². The second kappa shape index (κ2) is 7.64. The number of likely N-dealkylation sites (tertiary alicyclic amines) is 1. The van der Waals surface area contributed by atoms with Crippen molar-refractivity contribution >= 4 is 11.7 Å². The lowest BCUT2D eigenvalue weighted by atomic mass is 10.0. The van der Waals surface area contributed by atoms with Crippen LogP contribution in [0.2, 0.25) is 0 Å². The highest BCUT2D eigenvalue weighted by Gasteiger charge is 2.30. The van der Waals surface area contributed by atoms with Crippen molar-refractivity contribution in [2.45, 2.75) is 31.7 Å². The highest BCUT2D eigenvalue weighted by molar-refractivity contribution is 5.77. The number of benzene rings is 1. The summed E-state index contributed by atoms with van der Waals surface area (Å²) >= 11 is 0. The minimum absolute atomic E-state index is 0.0916. The maximum absolute atomic E-state index is 13.7. The second-order valence-corrected chi connectivity index (χ2v) is 6.68. The van der Waals surface area contributed by atoms with E-state index in [1.165, 1.54) is 6.07 Å². The molecule has 1 aromatic heterocycles. The van der Waals surface area contributed by atoms with Gasteiger partial charge in [-0.2, -0.15) is 0 Å². The van der Waals surface area contributed by atoms with E-state index in [1.54, 1.807) is 24.4 Å². The van der Waals surface area contributed by atoms with Crippen LogP contribution in [0.5, 0.6) is 0 Å². The molecule has 0 spiro atoms. The van der Waals surface area contributed by atoms with Gasteiger partial charge in [0.25, 0.3) is 0 Å². The summed E-state index contributed by atoms with van der Waals surface area (Å²) in [5.41, 5.74) is 1.72. The lowest BCUT2D eigenvalue weighted by Gasteiger charge is -2.26. The van der Waals surface area contributed by atoms with Gasteiger partial charge in [0, 0.05) is 33.3 Å². The fraction of sp³-hybridized carbons (Fsp3) is 0.400. The number of hydrogen-bond acceptors (Lipinski definition) is 3. The Labute approximate surface area is 148 Å². The zero-order chi connectivity index (χ0) is 17.8. The van der Waals surface area contributed by atoms with Crippen molar-refractivity contribution in [1.29, 1.82) is 0 Å². The molecule has 1 aliphatic heterocycles. The molecule has 1 unspecified atom stereocenters. The SMILES string of the molecule is CN(C)c1cc(C2CCCN2C(=O)CCc2ccccc2F)ccn1. The molecule has 25 heavy (non-hydrogen) atoms. The summed E-state index contributed by atoms with van der Waals surface area (Å²) in [6.07, 6.45) is 4.53. The Kier molecular flexibility index (Phi) is 5.31. The minimum Gasteiger partial charge on any atom is -0.363 e. The van der Waals surface area contributed by atoms with E-state index in [0.29, 0.717) is 18.4 Å². The van der Waals surface area contributed by atoms with E-state index in [2.05, 4.69) is 4.98 Å². The molecule has 1 aromatic carbocycles. The molecule has 4 nitrogen and oxygen atoms in total. The van der Waals surface area contributed by atoms with Gasteiger partial charge in [0.05, 0.1) is 6.04 Å². The molecule has 5 heteroatoms. The third-order valence-electron chi connectivity index (χ3n) is 4.75. The molecule has 1 atom stereocenters. The van der Waals surface area contributed by atoms with E-state index in [9.17, 15) is 9.18 Å². The molecule has 1 saturated heterocycles. The molecule has 0 saturated carbocycles. The number of carbonyl (C=O) groups excluding carboxylic acids is 1. The number of hydrogen-bond donors (Lipinski definition) is 0. The van der Waals surface area contributed by atoms with Crippen LogP contribution < -0.4 is 4.90 Å². The molecule has 0 aliphatic carbocycles. The molecule has 1 aliphatic rings. The third-order valence-corrected chi connectivity index (χ3v) is 4.75. The van der Waals surface area contributed by atoms with Crippen molar-refractivity contribution < 1.29 is 9.18 Å². The molecule has 1 fully saturated rings. The molecule has 1 amide bonds. The van der Waals surface area contributed by atoms with Crippen LogP contribution in [0, 0.1) is 5.82 Å². The Balaban J connectivity index is 1.70. The van der Waals surface area contributed by atoms with Gasteiger partial charge < -0.3 is 9.80 Å². The summed E-state index contributed by atoms with van der Waals surface area (Å²) in [6.45, 7) is 0.764. The van der Waals surface area contributed by atoms with E-state index in [4.69, 9.17) is 0 Å². The van der Waals surface area contributed by atoms with Gasteiger partial charge in [-0.3, -0.25) is 4.79 Å². The van der Waals surface area contributed by atoms with Crippen molar-refractivity contribution in [3.05, 3.63) is 59.5 Å². The molecule has 0 radical (unpaired) electrons. The summed E-state index contributed by atoms with van der Waals surface area (Å²) < 4.78 is 13.7. The minimum atomic E-state index is -0.238. The van der Waals surface area contributed by atoms with Crippen LogP contribution in [0.25, 0.3) is 0 Å². The Morgan fingerprint density at radius 2 is 2.12 bits per heavy atom. The summed E-state index contributed by atoms with van der Waals surface area (Å²) in [5.74, 6) is 0.746. The van der Waals surface area contributed by atoms with Gasteiger partial charge in [-0.05, 0) is 48.6 Å². The summed E-state index contributed by atoms with van der Waals surface area (Å²) in [5, 5.41) is 0. The standard InChI is InChI=1S/C20H24FN3O/c1-23(2)19-14-16(11-12-22-19)18-8-5-13-24(18)20(25)10-9-15-6-3-4-7-17(15)21/h3-4,6-7,11-12,14,18H,5,8-10,13H2,1-2H3. The number of rotatable bonds is 5. The number of halogens is 1. The molecule has 132 valence electrons. The van der Waals surface area contributed by atoms with E-state index in [1.807, 2.05) is 36.0 Å². The Morgan fingerprint density at radius 1 is 1.32 bits per heavy atom. The maximum atomic E-state index is 13.7. The second-order valence-electron chi connectivity index (χ2n) is 6.68. The van der Waals surface area contributed by atoms with Crippen molar-refractivity contribution in [3.63, 3.8) is 0 Å². The van der Waals surface area contributed by atoms with Crippen molar-refractivity contribution in [2.75, 3.05) is 25.5 Å². The number of pyridine rings is 1. The van der Waals surface area contributed by atoms with Crippen LogP contribution in [0.15, 0.2) is 42.6 Å². The number of aromatic nitrogens is 1. The smallest absolute Gasteiger partial charge is 0.223 e. The van der Waals surface area contributed by atoms with Crippen LogP contribution in [0.4, 0.5) is 10.2 Å². The average Bonchev–Trinajstić information content (AvgIpc) is 3.11. The Bertz CT molecular complexity index is 747. The van der Waals surface area contributed by atoms with Gasteiger partial charge in [0.1, 0.15) is 11.6 Å². The molecule has 2 aromatic rings. The van der Waals surface area contributed by atoms with Crippen molar-refractivity contribution in [1.82, 2.24) is 9.88 Å². The molecule has 0 bridgehead atoms. The van der Waals surface area contributed by atoms with Gasteiger partial charge in [-0.15, -0.1) is 0 Å². The fourth-order valence-electron chi connectivity index (χ4n) is 3.38. The number of anilines is 1. The Hall–Kier alpha value is -2.43. The summed E-state index contributed by atoms with van der Waals surface area (Å²) in [4.78, 5) is 21.0. The zero-order valence-corrected chi connectivity index (χ0v) is 14.8. The topological polar surface area (TPSA) is 36.4 Å². The number of aryl methyl sites for hydroxylation is 1. The number of amides is 1. The van der Waals surface area contributed by atoms with Crippen LogP contribution >= 0.6 is 0 Å². The maximum Gasteiger partial charge on any atom is 0.223 e. The molecular weight excluding hydrogens is 317 g/mol. The highest BCUT2D eigenvalue weighted by atomic mass is 19.1. The van der Waals surface area contributed by atoms with E-state index in [-0.39, 0.29) is 17.8 Å². The normalized spacial score (nSPS) is 16.9. The quantitative estimate of drug-likeness (QED) is 0.834. The first kappa shape index (κ1) is 17.4. The average molecular weight is 341 g/mol. The number of nitrogens with zero attached hydrogens (tertiary/aromatic N) is 3. The molecular formula is C20H24FN3O. The summed E-state index contributed by atoms with van der Waals surface area (Å²) in [6, 6.07) is 10.8. The van der Waals surface area contributed by atoms with E-state index < -0.39 is 0 Å². The first-order valence-electron chi connectivity index (χ1n) is 8.72. The third kappa shape index (κ3) is 3.98. The van der Waals surface area contributed by atoms with Crippen LogP contribution in [0.3, 0.4) is 0 Å². The van der Waals surface area contributed by atoms with Gasteiger partial charge in [-0.1, -0.05) is 18.2 Å². The van der Waals surface area contributed by atoms with Gasteiger partial charge >= 0.3 is 0 Å². The first-order chi connectivity index (χ1) is 12.1. The molecule has 2 heterocycles. The molecule has 0 N–H and O–H groups in total. The lowest BCUT2D eigenvalue weighted by molar-refractivity contribution is -0.132. The zero-order valence-electron chi connectivity index (χ0n) is 14.8. The van der Waals surface area contributed by atoms with E-state index in [0.717, 1.165) is 30.8 Å². The summed E-state index contributed by atoms with van der Waals surface area (Å²) in [7, 11) is 3.91. The predicted octanol–water partition coefficient (Wildman–Crippen LogP) is 3.58. The van der Waals surface area contributed by atoms with E-state index >= 15 is 0 Å². The lowest BCUT2D eigenvalue weighted by Crippen LogP contribution is -2.31. The molecule has 3 rings (SSSR count). The Morgan fingerprint density at radius 3 is 2.88 bits per heavy atom. The predicted molar refractivity (Wildman–Crippen MR) is 97.0 cm³/mol. The van der Waals surface area contributed by atoms with Crippen LogP contribution in [-0.4, -0.2) is 36.4 Å². The van der Waals surface area contributed by atoms with Crippen molar-refractivity contribution in [2.24, 2.45) is 0 Å². The van der Waals surface area contributed by atoms with Crippen LogP contribution in [-0.2, 0) is 11.2 Å². The first-order valence-corrected chi connectivity index (χ1v) is 8.72. The van der Waals surface area contributed by atoms with Gasteiger partial charge in [0.2, 0.25) is 5.91 Å². The van der Waals surface area contributed by atoms with Gasteiger partial charge in [-0.25, -0.2) is 9.37 Å². The number of carbonyl (C=O) groups is 1. The van der Waals surface area contributed by atoms with Crippen LogP contribution in [0.1, 0.15) is 36.4 Å². The fourth-order valence-corrected chi connectivity index (χ4v) is 3.38. The van der Waals surface area contributed by atoms with Crippen molar-refractivity contribution in [3.8, 4) is 0 Å². The largest absolute Gasteiger partial charge is 0.363 e. The monoisotopic (exact) mass is 341 g/mol. The highest BCUT2D eigenvalue weighted by Crippen LogP contribution is 2.33.